The van der Waals surface area contributed by atoms with Crippen LogP contribution in [0.3, 0.4) is 0 Å². The minimum Gasteiger partial charge on any atom is -0.125 e. The summed E-state index contributed by atoms with van der Waals surface area (Å²) in [5.41, 5.74) is 3.16. The molecule has 1 aliphatic rings. The third-order valence-electron chi connectivity index (χ3n) is 3.43. The second kappa shape index (κ2) is 6.53. The average molecular weight is 286 g/mol. The highest BCUT2D eigenvalue weighted by Crippen LogP contribution is 2.28. The Balaban J connectivity index is 1.48. The summed E-state index contributed by atoms with van der Waals surface area (Å²) in [6, 6.07) is 17.7. The van der Waals surface area contributed by atoms with E-state index in [1.165, 1.54) is 40.6 Å². The van der Waals surface area contributed by atoms with Crippen molar-refractivity contribution in [3.63, 3.8) is 0 Å². The minimum absolute atomic E-state index is 1.17. The second-order valence-electron chi connectivity index (χ2n) is 4.79. The summed E-state index contributed by atoms with van der Waals surface area (Å²) < 4.78 is 0. The second-order valence-corrected chi connectivity index (χ2v) is 7.13. The molecule has 0 heterocycles. The fourth-order valence-electron chi connectivity index (χ4n) is 2.47. The number of thioether (sulfide) groups is 2. The molecule has 0 spiro atoms. The van der Waals surface area contributed by atoms with Crippen LogP contribution in [0.2, 0.25) is 0 Å². The summed E-state index contributed by atoms with van der Waals surface area (Å²) in [4.78, 5) is 2.81. The Bertz CT molecular complexity index is 534. The van der Waals surface area contributed by atoms with Crippen molar-refractivity contribution in [2.75, 3.05) is 11.5 Å². The molecule has 98 valence electrons. The average Bonchev–Trinajstić information content (AvgIpc) is 2.92. The first-order valence-corrected chi connectivity index (χ1v) is 8.81. The quantitative estimate of drug-likeness (QED) is 0.556. The summed E-state index contributed by atoms with van der Waals surface area (Å²) in [5, 5.41) is 0. The molecule has 0 aromatic heterocycles. The lowest BCUT2D eigenvalue weighted by atomic mass is 10.1. The molecule has 0 aliphatic heterocycles. The van der Waals surface area contributed by atoms with E-state index in [0.29, 0.717) is 0 Å². The molecule has 2 heteroatoms. The molecule has 0 saturated carbocycles. The predicted molar refractivity (Wildman–Crippen MR) is 86.4 cm³/mol. The van der Waals surface area contributed by atoms with Crippen molar-refractivity contribution in [3.8, 4) is 0 Å². The lowest BCUT2D eigenvalue weighted by molar-refractivity contribution is 0.911. The van der Waals surface area contributed by atoms with Crippen molar-refractivity contribution in [2.24, 2.45) is 0 Å². The van der Waals surface area contributed by atoms with Crippen LogP contribution < -0.4 is 0 Å². The summed E-state index contributed by atoms with van der Waals surface area (Å²) in [7, 11) is 0. The van der Waals surface area contributed by atoms with E-state index in [2.05, 4.69) is 48.5 Å². The molecule has 0 bridgehead atoms. The van der Waals surface area contributed by atoms with Crippen molar-refractivity contribution in [1.82, 2.24) is 0 Å². The molecule has 0 fully saturated rings. The van der Waals surface area contributed by atoms with E-state index in [1.54, 1.807) is 11.1 Å². The molecule has 0 atom stereocenters. The van der Waals surface area contributed by atoms with Gasteiger partial charge in [0.2, 0.25) is 0 Å². The molecular formula is C17H18S2. The molecule has 0 amide bonds. The van der Waals surface area contributed by atoms with Gasteiger partial charge >= 0.3 is 0 Å². The fourth-order valence-corrected chi connectivity index (χ4v) is 4.35. The van der Waals surface area contributed by atoms with Gasteiger partial charge in [-0.2, -0.15) is 0 Å². The van der Waals surface area contributed by atoms with Crippen LogP contribution in [0.5, 0.6) is 0 Å². The van der Waals surface area contributed by atoms with Gasteiger partial charge in [-0.25, -0.2) is 0 Å². The first-order valence-electron chi connectivity index (χ1n) is 6.84. The van der Waals surface area contributed by atoms with E-state index in [4.69, 9.17) is 0 Å². The highest BCUT2D eigenvalue weighted by molar-refractivity contribution is 8.03. The highest BCUT2D eigenvalue weighted by Gasteiger charge is 2.10. The zero-order valence-electron chi connectivity index (χ0n) is 11.0. The molecule has 2 aromatic rings. The Morgan fingerprint density at radius 1 is 0.737 bits per heavy atom. The molecular weight excluding hydrogens is 268 g/mol. The maximum atomic E-state index is 2.40. The number of rotatable bonds is 5. The molecule has 0 unspecified atom stereocenters. The van der Waals surface area contributed by atoms with Gasteiger partial charge in [0.25, 0.3) is 0 Å². The first-order chi connectivity index (χ1) is 9.42. The zero-order valence-corrected chi connectivity index (χ0v) is 12.6. The van der Waals surface area contributed by atoms with E-state index in [9.17, 15) is 0 Å². The molecule has 3 rings (SSSR count). The standard InChI is InChI=1S/C17H18S2/c1-2-7-16(8-3-1)18-11-12-19-17-10-9-14-5-4-6-15(14)13-17/h1-3,7-10,13H,4-6,11-12H2. The van der Waals surface area contributed by atoms with Crippen LogP contribution >= 0.6 is 23.5 Å². The number of fused-ring (bicyclic) bond motifs is 1. The van der Waals surface area contributed by atoms with Gasteiger partial charge in [0.15, 0.2) is 0 Å². The zero-order chi connectivity index (χ0) is 12.9. The maximum Gasteiger partial charge on any atom is 0.00751 e. The molecule has 1 aliphatic carbocycles. The Kier molecular flexibility index (Phi) is 4.52. The third kappa shape index (κ3) is 3.58. The van der Waals surface area contributed by atoms with E-state index >= 15 is 0 Å². The van der Waals surface area contributed by atoms with Crippen LogP contribution in [0.25, 0.3) is 0 Å². The van der Waals surface area contributed by atoms with Gasteiger partial charge in [-0.1, -0.05) is 24.3 Å². The normalized spacial score (nSPS) is 13.5. The van der Waals surface area contributed by atoms with E-state index < -0.39 is 0 Å². The topological polar surface area (TPSA) is 0 Å². The van der Waals surface area contributed by atoms with Crippen LogP contribution in [0.4, 0.5) is 0 Å². The van der Waals surface area contributed by atoms with E-state index in [0.717, 1.165) is 0 Å². The smallest absolute Gasteiger partial charge is 0.00751 e. The Morgan fingerprint density at radius 3 is 2.32 bits per heavy atom. The fraction of sp³-hybridized carbons (Fsp3) is 0.294. The van der Waals surface area contributed by atoms with Crippen molar-refractivity contribution in [2.45, 2.75) is 29.1 Å². The van der Waals surface area contributed by atoms with Gasteiger partial charge in [0, 0.05) is 21.3 Å². The number of hydrogen-bond donors (Lipinski definition) is 0. The third-order valence-corrected chi connectivity index (χ3v) is 5.70. The Morgan fingerprint density at radius 2 is 1.47 bits per heavy atom. The van der Waals surface area contributed by atoms with E-state index in [1.807, 2.05) is 23.5 Å². The molecule has 0 saturated heterocycles. The summed E-state index contributed by atoms with van der Waals surface area (Å²) >= 11 is 3.93. The summed E-state index contributed by atoms with van der Waals surface area (Å²) in [6.45, 7) is 0. The molecule has 0 nitrogen and oxygen atoms in total. The Hall–Kier alpha value is -0.860. The van der Waals surface area contributed by atoms with Crippen LogP contribution in [0.1, 0.15) is 17.5 Å². The lowest BCUT2D eigenvalue weighted by Gasteiger charge is -2.05. The van der Waals surface area contributed by atoms with Crippen LogP contribution in [-0.4, -0.2) is 11.5 Å². The Labute approximate surface area is 124 Å². The van der Waals surface area contributed by atoms with Crippen molar-refractivity contribution in [1.29, 1.82) is 0 Å². The van der Waals surface area contributed by atoms with Gasteiger partial charge in [-0.15, -0.1) is 23.5 Å². The summed E-state index contributed by atoms with van der Waals surface area (Å²) in [6.07, 6.45) is 3.90. The molecule has 19 heavy (non-hydrogen) atoms. The van der Waals surface area contributed by atoms with Gasteiger partial charge < -0.3 is 0 Å². The van der Waals surface area contributed by atoms with Gasteiger partial charge in [0.1, 0.15) is 0 Å². The number of benzene rings is 2. The molecule has 2 aromatic carbocycles. The van der Waals surface area contributed by atoms with Gasteiger partial charge in [-0.3, -0.25) is 0 Å². The predicted octanol–water partition coefficient (Wildman–Crippen LogP) is 5.06. The SMILES string of the molecule is c1ccc(SCCSc2ccc3c(c2)CCC3)cc1. The van der Waals surface area contributed by atoms with Crippen molar-refractivity contribution >= 4 is 23.5 Å². The maximum absolute atomic E-state index is 2.40. The van der Waals surface area contributed by atoms with Gasteiger partial charge in [-0.05, 0) is 54.7 Å². The van der Waals surface area contributed by atoms with Crippen molar-refractivity contribution in [3.05, 3.63) is 59.7 Å². The monoisotopic (exact) mass is 286 g/mol. The lowest BCUT2D eigenvalue weighted by Crippen LogP contribution is -1.86. The van der Waals surface area contributed by atoms with Crippen molar-refractivity contribution < 1.29 is 0 Å². The first kappa shape index (κ1) is 13.1. The van der Waals surface area contributed by atoms with Crippen LogP contribution in [0, 0.1) is 0 Å². The van der Waals surface area contributed by atoms with E-state index in [-0.39, 0.29) is 0 Å². The van der Waals surface area contributed by atoms with Crippen LogP contribution in [0.15, 0.2) is 58.3 Å². The molecule has 0 radical (unpaired) electrons. The van der Waals surface area contributed by atoms with Gasteiger partial charge in [0.05, 0.1) is 0 Å². The molecule has 0 N–H and O–H groups in total. The van der Waals surface area contributed by atoms with Crippen LogP contribution in [-0.2, 0) is 12.8 Å². The largest absolute Gasteiger partial charge is 0.125 e. The minimum atomic E-state index is 1.17. The highest BCUT2D eigenvalue weighted by atomic mass is 32.2. The summed E-state index contributed by atoms with van der Waals surface area (Å²) in [5.74, 6) is 2.35. The number of aryl methyl sites for hydroxylation is 2. The number of hydrogen-bond acceptors (Lipinski definition) is 2.